The van der Waals surface area contributed by atoms with Gasteiger partial charge in [-0.3, -0.25) is 23.4 Å². The Labute approximate surface area is 365 Å². The maximum atomic E-state index is 12.8. The largest absolute Gasteiger partial charge is 0.480 e. The number of nitrogens with two attached hydrogens (primary N) is 1. The van der Waals surface area contributed by atoms with Crippen LogP contribution in [0.1, 0.15) is 149 Å². The maximum Gasteiger partial charge on any atom is 0.472 e. The summed E-state index contributed by atoms with van der Waals surface area (Å²) in [7, 11) is -4.79. The van der Waals surface area contributed by atoms with Gasteiger partial charge in [-0.25, -0.2) is 4.57 Å². The fraction of sp³-hybridized carbons (Fsp3) is 0.717. The van der Waals surface area contributed by atoms with Crippen molar-refractivity contribution in [3.05, 3.63) is 60.8 Å². The fourth-order valence-corrected chi connectivity index (χ4v) is 7.52. The molecule has 0 aliphatic heterocycles. The topological polar surface area (TPSA) is 232 Å². The molecule has 8 atom stereocenters. The lowest BCUT2D eigenvalue weighted by Gasteiger charge is -2.21. The number of aliphatic carboxylic acids is 1. The number of carbonyl (C=O) groups is 3. The summed E-state index contributed by atoms with van der Waals surface area (Å²) in [5.74, 6) is -3.00. The highest BCUT2D eigenvalue weighted by molar-refractivity contribution is 7.47. The molecule has 0 heterocycles. The van der Waals surface area contributed by atoms with Gasteiger partial charge in [-0.15, -0.1) is 0 Å². The number of carbonyl (C=O) groups excluding carboxylic acids is 2. The molecule has 14 nitrogen and oxygen atoms in total. The van der Waals surface area contributed by atoms with Gasteiger partial charge in [0.1, 0.15) is 12.6 Å². The zero-order valence-electron chi connectivity index (χ0n) is 36.8. The van der Waals surface area contributed by atoms with Gasteiger partial charge in [-0.2, -0.15) is 0 Å². The first-order chi connectivity index (χ1) is 29.3. The van der Waals surface area contributed by atoms with E-state index in [1.54, 1.807) is 6.08 Å². The van der Waals surface area contributed by atoms with Crippen LogP contribution in [0.25, 0.3) is 0 Å². The van der Waals surface area contributed by atoms with Gasteiger partial charge >= 0.3 is 25.7 Å². The van der Waals surface area contributed by atoms with Crippen molar-refractivity contribution in [3.63, 3.8) is 0 Å². The number of phosphoric ester groups is 1. The average Bonchev–Trinajstić information content (AvgIpc) is 3.49. The number of hydrogen-bond acceptors (Lipinski definition) is 12. The second kappa shape index (κ2) is 35.5. The van der Waals surface area contributed by atoms with Gasteiger partial charge in [0.05, 0.1) is 31.5 Å². The van der Waals surface area contributed by atoms with E-state index >= 15 is 0 Å². The van der Waals surface area contributed by atoms with E-state index in [2.05, 4.69) is 54.8 Å². The van der Waals surface area contributed by atoms with Crippen LogP contribution < -0.4 is 5.73 Å². The first-order valence-electron chi connectivity index (χ1n) is 22.6. The molecule has 0 radical (unpaired) electrons. The van der Waals surface area contributed by atoms with Crippen LogP contribution in [0.5, 0.6) is 0 Å². The Morgan fingerprint density at radius 3 is 1.93 bits per heavy atom. The van der Waals surface area contributed by atoms with Gasteiger partial charge in [0.15, 0.2) is 6.10 Å². The molecule has 1 aliphatic carbocycles. The van der Waals surface area contributed by atoms with E-state index in [0.29, 0.717) is 38.5 Å². The standard InChI is InChI=1S/C46H78NO13P/c1-3-5-7-8-9-10-11-12-13-14-15-16-17-18-19-20-25-29-44(51)57-34-38(35-58-61(55,56)59-36-41(47)46(53)54)60-45(52)30-26-22-21-24-28-39-40(43(50)33-42(39)49)32-31-37(48)27-23-6-4-2/h9-10,12-13,15-16,18-19,31-32,37-43,48-50H,3-8,11,14,17,20-30,33-36,47H2,1-2H3,(H,53,54)(H,55,56)/b10-9-,13-12-,16-15-,19-18-,32-31+/t37-,38+,39+,40+,41-,42-,43+/m0/s1. The van der Waals surface area contributed by atoms with Crippen molar-refractivity contribution >= 4 is 25.7 Å². The van der Waals surface area contributed by atoms with Crippen molar-refractivity contribution in [2.45, 2.75) is 179 Å². The van der Waals surface area contributed by atoms with Gasteiger partial charge in [-0.1, -0.05) is 126 Å². The first kappa shape index (κ1) is 56.1. The third-order valence-corrected chi connectivity index (χ3v) is 11.3. The van der Waals surface area contributed by atoms with Gasteiger partial charge in [0, 0.05) is 25.2 Å². The van der Waals surface area contributed by atoms with Crippen LogP contribution in [0, 0.1) is 11.8 Å². The summed E-state index contributed by atoms with van der Waals surface area (Å²) < 4.78 is 32.7. The molecular weight excluding hydrogens is 805 g/mol. The Hall–Kier alpha value is -2.94. The smallest absolute Gasteiger partial charge is 0.472 e. The summed E-state index contributed by atoms with van der Waals surface area (Å²) in [5.41, 5.74) is 5.33. The number of hydrogen-bond donors (Lipinski definition) is 6. The molecule has 15 heteroatoms. The number of carboxylic acid groups (broad SMARTS) is 1. The molecular formula is C46H78NO13P. The average molecular weight is 884 g/mol. The highest BCUT2D eigenvalue weighted by Crippen LogP contribution is 2.43. The Balaban J connectivity index is 2.51. The van der Waals surface area contributed by atoms with Crippen molar-refractivity contribution in [3.8, 4) is 0 Å². The highest BCUT2D eigenvalue weighted by atomic mass is 31.2. The van der Waals surface area contributed by atoms with Gasteiger partial charge in [0.2, 0.25) is 0 Å². The van der Waals surface area contributed by atoms with E-state index in [4.69, 9.17) is 24.8 Å². The molecule has 0 bridgehead atoms. The number of carboxylic acids is 1. The number of esters is 2. The van der Waals surface area contributed by atoms with E-state index in [0.717, 1.165) is 57.8 Å². The Kier molecular flexibility index (Phi) is 32.6. The SMILES string of the molecule is CCCCC/C=C\C/C=C\C/C=C\C/C=C\CCCC(=O)OC[C@H](COP(=O)(O)OC[C@H](N)C(=O)O)OC(=O)CCCCCC[C@@H]1[C@@H](/C=C/[C@@H](O)CCCCC)[C@H](O)C[C@@H]1O. The fourth-order valence-electron chi connectivity index (χ4n) is 6.74. The first-order valence-corrected chi connectivity index (χ1v) is 24.1. The summed E-state index contributed by atoms with van der Waals surface area (Å²) in [4.78, 5) is 46.2. The second-order valence-corrected chi connectivity index (χ2v) is 17.2. The number of rotatable bonds is 37. The molecule has 0 aromatic rings. The summed E-state index contributed by atoms with van der Waals surface area (Å²) in [6.45, 7) is 2.39. The number of phosphoric acid groups is 1. The van der Waals surface area contributed by atoms with Crippen LogP contribution in [0.15, 0.2) is 60.8 Å². The highest BCUT2D eigenvalue weighted by Gasteiger charge is 2.39. The molecule has 7 N–H and O–H groups in total. The van der Waals surface area contributed by atoms with E-state index in [1.807, 2.05) is 18.2 Å². The second-order valence-electron chi connectivity index (χ2n) is 15.8. The van der Waals surface area contributed by atoms with Gasteiger partial charge in [0.25, 0.3) is 0 Å². The molecule has 0 aromatic heterocycles. The third kappa shape index (κ3) is 29.9. The lowest BCUT2D eigenvalue weighted by atomic mass is 9.88. The predicted octanol–water partition coefficient (Wildman–Crippen LogP) is 8.33. The number of ether oxygens (including phenoxy) is 2. The lowest BCUT2D eigenvalue weighted by molar-refractivity contribution is -0.161. The molecule has 1 rings (SSSR count). The van der Waals surface area contributed by atoms with Crippen molar-refractivity contribution in [2.75, 3.05) is 19.8 Å². The zero-order chi connectivity index (χ0) is 45.1. The zero-order valence-corrected chi connectivity index (χ0v) is 37.7. The van der Waals surface area contributed by atoms with E-state index in [1.165, 1.54) is 19.3 Å². The van der Waals surface area contributed by atoms with E-state index in [9.17, 15) is 39.2 Å². The Bertz CT molecular complexity index is 1380. The minimum atomic E-state index is -4.79. The number of aliphatic hydroxyl groups excluding tert-OH is 3. The molecule has 350 valence electrons. The summed E-state index contributed by atoms with van der Waals surface area (Å²) in [6, 6.07) is -1.57. The van der Waals surface area contributed by atoms with Gasteiger partial charge in [-0.05, 0) is 70.1 Å². The number of aliphatic hydroxyl groups is 3. The van der Waals surface area contributed by atoms with Crippen molar-refractivity contribution in [1.82, 2.24) is 0 Å². The summed E-state index contributed by atoms with van der Waals surface area (Å²) >= 11 is 0. The molecule has 61 heavy (non-hydrogen) atoms. The van der Waals surface area contributed by atoms with Crippen LogP contribution in [-0.2, 0) is 37.5 Å². The molecule has 1 aliphatic rings. The summed E-state index contributed by atoms with van der Waals surface area (Å²) in [5, 5.41) is 40.3. The Morgan fingerprint density at radius 2 is 1.30 bits per heavy atom. The molecule has 0 aromatic carbocycles. The number of unbranched alkanes of at least 4 members (excludes halogenated alkanes) is 9. The molecule has 1 saturated carbocycles. The normalized spacial score (nSPS) is 20.9. The molecule has 0 amide bonds. The predicted molar refractivity (Wildman–Crippen MR) is 237 cm³/mol. The summed E-state index contributed by atoms with van der Waals surface area (Å²) in [6.07, 6.45) is 33.6. The quantitative estimate of drug-likeness (QED) is 0.0149. The number of allylic oxidation sites excluding steroid dienone is 8. The van der Waals surface area contributed by atoms with E-state index in [-0.39, 0.29) is 31.1 Å². The van der Waals surface area contributed by atoms with Crippen LogP contribution in [-0.4, -0.2) is 93.5 Å². The van der Waals surface area contributed by atoms with Crippen molar-refractivity contribution in [1.29, 1.82) is 0 Å². The van der Waals surface area contributed by atoms with Crippen molar-refractivity contribution < 1.29 is 62.8 Å². The minimum absolute atomic E-state index is 0.0202. The molecule has 1 fully saturated rings. The monoisotopic (exact) mass is 884 g/mol. The molecule has 1 unspecified atom stereocenters. The molecule has 0 spiro atoms. The van der Waals surface area contributed by atoms with Crippen molar-refractivity contribution in [2.24, 2.45) is 17.6 Å². The lowest BCUT2D eigenvalue weighted by Crippen LogP contribution is -2.34. The van der Waals surface area contributed by atoms with Gasteiger partial charge < -0.3 is 40.5 Å². The third-order valence-electron chi connectivity index (χ3n) is 10.3. The molecule has 0 saturated heterocycles. The van der Waals surface area contributed by atoms with Crippen LogP contribution in [0.4, 0.5) is 0 Å². The Morgan fingerprint density at radius 1 is 0.721 bits per heavy atom. The maximum absolute atomic E-state index is 12.8. The van der Waals surface area contributed by atoms with Crippen LogP contribution in [0.2, 0.25) is 0 Å². The van der Waals surface area contributed by atoms with Crippen LogP contribution in [0.3, 0.4) is 0 Å². The van der Waals surface area contributed by atoms with Crippen LogP contribution >= 0.6 is 7.82 Å². The van der Waals surface area contributed by atoms with E-state index < -0.39 is 76.0 Å². The minimum Gasteiger partial charge on any atom is -0.480 e.